The summed E-state index contributed by atoms with van der Waals surface area (Å²) in [4.78, 5) is 12.7. The summed E-state index contributed by atoms with van der Waals surface area (Å²) in [6.07, 6.45) is 2.49. The molecule has 0 aliphatic rings. The minimum atomic E-state index is -0.0143. The lowest BCUT2D eigenvalue weighted by Gasteiger charge is -2.26. The van der Waals surface area contributed by atoms with Gasteiger partial charge in [-0.1, -0.05) is 6.92 Å². The fraction of sp³-hybridized carbons (Fsp3) is 0.545. The largest absolute Gasteiger partial charge is 0.382 e. The highest BCUT2D eigenvalue weighted by Crippen LogP contribution is 2.27. The van der Waals surface area contributed by atoms with Crippen LogP contribution in [-0.2, 0) is 5.54 Å². The molecule has 0 fully saturated rings. The number of hydrogen-bond donors (Lipinski definition) is 1. The molecule has 16 heavy (non-hydrogen) atoms. The molecule has 2 aromatic heterocycles. The van der Waals surface area contributed by atoms with Crippen LogP contribution in [0.3, 0.4) is 0 Å². The summed E-state index contributed by atoms with van der Waals surface area (Å²) in [6, 6.07) is 0. The smallest absolute Gasteiger partial charge is 0.166 e. The number of aryl methyl sites for hydroxylation is 1. The van der Waals surface area contributed by atoms with Gasteiger partial charge in [0.2, 0.25) is 0 Å². The summed E-state index contributed by atoms with van der Waals surface area (Å²) in [5, 5.41) is 0. The van der Waals surface area contributed by atoms with Crippen molar-refractivity contribution in [1.29, 1.82) is 0 Å². The number of imidazole rings is 1. The molecule has 0 aliphatic carbocycles. The molecule has 0 saturated carbocycles. The van der Waals surface area contributed by atoms with Crippen molar-refractivity contribution in [3.63, 3.8) is 0 Å². The van der Waals surface area contributed by atoms with Crippen LogP contribution in [0.5, 0.6) is 0 Å². The fourth-order valence-electron chi connectivity index (χ4n) is 1.90. The van der Waals surface area contributed by atoms with Gasteiger partial charge in [0.05, 0.1) is 0 Å². The van der Waals surface area contributed by atoms with E-state index in [4.69, 9.17) is 5.73 Å². The maximum Gasteiger partial charge on any atom is 0.166 e. The number of rotatable bonds is 2. The highest BCUT2D eigenvalue weighted by molar-refractivity contribution is 5.82. The van der Waals surface area contributed by atoms with Crippen LogP contribution in [0.15, 0.2) is 6.33 Å². The summed E-state index contributed by atoms with van der Waals surface area (Å²) >= 11 is 0. The zero-order chi connectivity index (χ0) is 11.9. The van der Waals surface area contributed by atoms with Gasteiger partial charge < -0.3 is 10.3 Å². The molecule has 2 heterocycles. The second-order valence-electron chi connectivity index (χ2n) is 4.59. The third-order valence-electron chi connectivity index (χ3n) is 3.11. The van der Waals surface area contributed by atoms with Gasteiger partial charge in [0.15, 0.2) is 17.0 Å². The van der Waals surface area contributed by atoms with Crippen LogP contribution in [0.1, 0.15) is 33.0 Å². The Kier molecular flexibility index (Phi) is 2.33. The normalized spacial score (nSPS) is 12.2. The molecule has 2 aromatic rings. The maximum absolute atomic E-state index is 5.80. The van der Waals surface area contributed by atoms with Gasteiger partial charge in [-0.2, -0.15) is 0 Å². The number of anilines is 1. The van der Waals surface area contributed by atoms with Crippen molar-refractivity contribution in [3.05, 3.63) is 12.2 Å². The molecule has 2 rings (SSSR count). The standard InChI is InChI=1S/C11H17N5/c1-5-11(3,4)16-7(2)15-8-9(12)13-6-14-10(8)16/h6H,5H2,1-4H3,(H2,12,13,14). The van der Waals surface area contributed by atoms with Crippen LogP contribution in [0, 0.1) is 6.92 Å². The van der Waals surface area contributed by atoms with Crippen molar-refractivity contribution in [1.82, 2.24) is 19.5 Å². The molecule has 0 atom stereocenters. The second-order valence-corrected chi connectivity index (χ2v) is 4.59. The van der Waals surface area contributed by atoms with Crippen LogP contribution in [0.4, 0.5) is 5.82 Å². The second kappa shape index (κ2) is 3.43. The van der Waals surface area contributed by atoms with E-state index in [-0.39, 0.29) is 5.54 Å². The van der Waals surface area contributed by atoms with Gasteiger partial charge in [0.1, 0.15) is 12.2 Å². The minimum absolute atomic E-state index is 0.0143. The highest BCUT2D eigenvalue weighted by atomic mass is 15.2. The number of nitrogen functional groups attached to an aromatic ring is 1. The van der Waals surface area contributed by atoms with E-state index >= 15 is 0 Å². The molecule has 5 heteroatoms. The van der Waals surface area contributed by atoms with E-state index in [2.05, 4.69) is 40.3 Å². The van der Waals surface area contributed by atoms with Gasteiger partial charge in [-0.15, -0.1) is 0 Å². The van der Waals surface area contributed by atoms with E-state index in [1.807, 2.05) is 6.92 Å². The zero-order valence-corrected chi connectivity index (χ0v) is 10.2. The van der Waals surface area contributed by atoms with E-state index < -0.39 is 0 Å². The number of aromatic nitrogens is 4. The van der Waals surface area contributed by atoms with Gasteiger partial charge in [-0.25, -0.2) is 15.0 Å². The lowest BCUT2D eigenvalue weighted by molar-refractivity contribution is 0.343. The molecular weight excluding hydrogens is 202 g/mol. The highest BCUT2D eigenvalue weighted by Gasteiger charge is 2.24. The summed E-state index contributed by atoms with van der Waals surface area (Å²) < 4.78 is 2.13. The molecule has 5 nitrogen and oxygen atoms in total. The molecule has 0 bridgehead atoms. The predicted molar refractivity (Wildman–Crippen MR) is 64.1 cm³/mol. The molecule has 0 radical (unpaired) electrons. The van der Waals surface area contributed by atoms with Gasteiger partial charge in [0, 0.05) is 5.54 Å². The average molecular weight is 219 g/mol. The van der Waals surface area contributed by atoms with Crippen molar-refractivity contribution in [2.24, 2.45) is 0 Å². The summed E-state index contributed by atoms with van der Waals surface area (Å²) in [6.45, 7) is 8.45. The Hall–Kier alpha value is -1.65. The maximum atomic E-state index is 5.80. The monoisotopic (exact) mass is 219 g/mol. The summed E-state index contributed by atoms with van der Waals surface area (Å²) in [7, 11) is 0. The molecule has 0 saturated heterocycles. The number of nitrogens with zero attached hydrogens (tertiary/aromatic N) is 4. The number of hydrogen-bond acceptors (Lipinski definition) is 4. The van der Waals surface area contributed by atoms with E-state index in [0.29, 0.717) is 11.3 Å². The van der Waals surface area contributed by atoms with E-state index in [1.165, 1.54) is 6.33 Å². The molecule has 0 amide bonds. The number of fused-ring (bicyclic) bond motifs is 1. The first-order valence-electron chi connectivity index (χ1n) is 5.43. The Bertz CT molecular complexity index is 526. The van der Waals surface area contributed by atoms with Crippen molar-refractivity contribution < 1.29 is 0 Å². The van der Waals surface area contributed by atoms with Crippen molar-refractivity contribution >= 4 is 17.0 Å². The zero-order valence-electron chi connectivity index (χ0n) is 10.2. The van der Waals surface area contributed by atoms with Crippen LogP contribution >= 0.6 is 0 Å². The first-order chi connectivity index (χ1) is 7.47. The topological polar surface area (TPSA) is 69.6 Å². The molecule has 0 unspecified atom stereocenters. The van der Waals surface area contributed by atoms with E-state index in [1.54, 1.807) is 0 Å². The Balaban J connectivity index is 2.80. The Morgan fingerprint density at radius 1 is 1.38 bits per heavy atom. The summed E-state index contributed by atoms with van der Waals surface area (Å²) in [5.41, 5.74) is 7.29. The number of nitrogens with two attached hydrogens (primary N) is 1. The Morgan fingerprint density at radius 3 is 2.69 bits per heavy atom. The molecule has 2 N–H and O–H groups in total. The van der Waals surface area contributed by atoms with Crippen molar-refractivity contribution in [3.8, 4) is 0 Å². The van der Waals surface area contributed by atoms with E-state index in [9.17, 15) is 0 Å². The van der Waals surface area contributed by atoms with Crippen LogP contribution in [0.25, 0.3) is 11.2 Å². The summed E-state index contributed by atoms with van der Waals surface area (Å²) in [5.74, 6) is 1.37. The molecule has 0 aromatic carbocycles. The molecule has 0 aliphatic heterocycles. The van der Waals surface area contributed by atoms with Crippen LogP contribution in [0.2, 0.25) is 0 Å². The fourth-order valence-corrected chi connectivity index (χ4v) is 1.90. The first kappa shape index (κ1) is 10.9. The lowest BCUT2D eigenvalue weighted by atomic mass is 10.0. The average Bonchev–Trinajstić information content (AvgIpc) is 2.57. The molecule has 86 valence electrons. The van der Waals surface area contributed by atoms with Crippen molar-refractivity contribution in [2.45, 2.75) is 39.7 Å². The van der Waals surface area contributed by atoms with Crippen LogP contribution < -0.4 is 5.73 Å². The Labute approximate surface area is 94.7 Å². The van der Waals surface area contributed by atoms with E-state index in [0.717, 1.165) is 17.9 Å². The molecular formula is C11H17N5. The van der Waals surface area contributed by atoms with Crippen LogP contribution in [-0.4, -0.2) is 19.5 Å². The third-order valence-corrected chi connectivity index (χ3v) is 3.11. The van der Waals surface area contributed by atoms with Gasteiger partial charge in [-0.05, 0) is 27.2 Å². The van der Waals surface area contributed by atoms with Gasteiger partial charge in [0.25, 0.3) is 0 Å². The van der Waals surface area contributed by atoms with Crippen molar-refractivity contribution in [2.75, 3.05) is 5.73 Å². The SMILES string of the molecule is CCC(C)(C)n1c(C)nc2c(N)ncnc21. The minimum Gasteiger partial charge on any atom is -0.382 e. The van der Waals surface area contributed by atoms with Gasteiger partial charge >= 0.3 is 0 Å². The third kappa shape index (κ3) is 1.43. The quantitative estimate of drug-likeness (QED) is 0.837. The molecule has 0 spiro atoms. The Morgan fingerprint density at radius 2 is 2.06 bits per heavy atom. The predicted octanol–water partition coefficient (Wildman–Crippen LogP) is 1.86. The first-order valence-corrected chi connectivity index (χ1v) is 5.43. The van der Waals surface area contributed by atoms with Gasteiger partial charge in [-0.3, -0.25) is 0 Å². The lowest BCUT2D eigenvalue weighted by Crippen LogP contribution is -2.26.